The van der Waals surface area contributed by atoms with Gasteiger partial charge in [0, 0.05) is 38.1 Å². The molecule has 1 unspecified atom stereocenters. The number of carbonyl (C=O) groups is 1. The van der Waals surface area contributed by atoms with Crippen LogP contribution in [0.1, 0.15) is 32.1 Å². The first-order chi connectivity index (χ1) is 7.74. The van der Waals surface area contributed by atoms with Crippen LogP contribution in [-0.4, -0.2) is 46.8 Å². The summed E-state index contributed by atoms with van der Waals surface area (Å²) in [7, 11) is 0. The summed E-state index contributed by atoms with van der Waals surface area (Å²) in [5.74, 6) is 0.775. The molecule has 2 N–H and O–H groups in total. The molecule has 1 aliphatic heterocycles. The molecule has 1 saturated carbocycles. The molecule has 16 heavy (non-hydrogen) atoms. The number of carbonyl (C=O) groups excluding carboxylic acids is 1. The van der Waals surface area contributed by atoms with Crippen LogP contribution in [0.3, 0.4) is 0 Å². The van der Waals surface area contributed by atoms with Crippen molar-refractivity contribution in [1.82, 2.24) is 4.90 Å². The van der Waals surface area contributed by atoms with Gasteiger partial charge in [0.25, 0.3) is 0 Å². The lowest BCUT2D eigenvalue weighted by Crippen LogP contribution is -2.39. The fourth-order valence-electron chi connectivity index (χ4n) is 2.92. The van der Waals surface area contributed by atoms with E-state index in [0.717, 1.165) is 32.2 Å². The summed E-state index contributed by atoms with van der Waals surface area (Å²) in [4.78, 5) is 13.7. The molecule has 4 heteroatoms. The molecule has 2 rings (SSSR count). The van der Waals surface area contributed by atoms with Crippen LogP contribution >= 0.6 is 0 Å². The molecule has 0 aromatic carbocycles. The van der Waals surface area contributed by atoms with Gasteiger partial charge < -0.3 is 15.1 Å². The lowest BCUT2D eigenvalue weighted by Gasteiger charge is -2.34. The zero-order chi connectivity index (χ0) is 11.5. The molecule has 0 radical (unpaired) electrons. The molecule has 1 heterocycles. The SMILES string of the molecule is O=C1CC(CO)CN1C1CCC(CO)CC1. The molecule has 0 aromatic heterocycles. The molecule has 2 fully saturated rings. The van der Waals surface area contributed by atoms with Crippen LogP contribution in [0.2, 0.25) is 0 Å². The zero-order valence-corrected chi connectivity index (χ0v) is 9.64. The number of nitrogens with zero attached hydrogens (tertiary/aromatic N) is 1. The summed E-state index contributed by atoms with van der Waals surface area (Å²) in [6.07, 6.45) is 4.57. The van der Waals surface area contributed by atoms with Crippen LogP contribution in [0, 0.1) is 11.8 Å². The summed E-state index contributed by atoms with van der Waals surface area (Å²) < 4.78 is 0. The highest BCUT2D eigenvalue weighted by atomic mass is 16.3. The van der Waals surface area contributed by atoms with Gasteiger partial charge in [-0.2, -0.15) is 0 Å². The summed E-state index contributed by atoms with van der Waals surface area (Å²) >= 11 is 0. The molecule has 1 amide bonds. The Bertz CT molecular complexity index is 249. The van der Waals surface area contributed by atoms with Gasteiger partial charge in [-0.15, -0.1) is 0 Å². The van der Waals surface area contributed by atoms with E-state index in [1.165, 1.54) is 0 Å². The lowest BCUT2D eigenvalue weighted by atomic mass is 9.86. The third-order valence-electron chi connectivity index (χ3n) is 4.01. The smallest absolute Gasteiger partial charge is 0.223 e. The first kappa shape index (κ1) is 11.9. The highest BCUT2D eigenvalue weighted by molar-refractivity contribution is 5.79. The van der Waals surface area contributed by atoms with Crippen LogP contribution in [0.25, 0.3) is 0 Å². The van der Waals surface area contributed by atoms with Crippen molar-refractivity contribution in [3.8, 4) is 0 Å². The van der Waals surface area contributed by atoms with Gasteiger partial charge in [0.05, 0.1) is 0 Å². The number of likely N-dealkylation sites (tertiary alicyclic amines) is 1. The first-order valence-electron chi connectivity index (χ1n) is 6.25. The molecule has 1 atom stereocenters. The van der Waals surface area contributed by atoms with E-state index in [0.29, 0.717) is 18.4 Å². The maximum absolute atomic E-state index is 11.8. The van der Waals surface area contributed by atoms with Crippen LogP contribution in [-0.2, 0) is 4.79 Å². The largest absolute Gasteiger partial charge is 0.396 e. The van der Waals surface area contributed by atoms with Crippen LogP contribution < -0.4 is 0 Å². The van der Waals surface area contributed by atoms with E-state index in [2.05, 4.69) is 0 Å². The van der Waals surface area contributed by atoms with Crippen molar-refractivity contribution >= 4 is 5.91 Å². The van der Waals surface area contributed by atoms with E-state index in [4.69, 9.17) is 10.2 Å². The third kappa shape index (κ3) is 2.38. The van der Waals surface area contributed by atoms with Gasteiger partial charge in [0.15, 0.2) is 0 Å². The average molecular weight is 227 g/mol. The molecular weight excluding hydrogens is 206 g/mol. The Balaban J connectivity index is 1.87. The molecule has 92 valence electrons. The third-order valence-corrected chi connectivity index (χ3v) is 4.01. The van der Waals surface area contributed by atoms with Crippen molar-refractivity contribution in [2.24, 2.45) is 11.8 Å². The molecule has 4 nitrogen and oxygen atoms in total. The number of aliphatic hydroxyl groups excluding tert-OH is 2. The summed E-state index contributed by atoms with van der Waals surface area (Å²) in [6.45, 7) is 1.12. The standard InChI is InChI=1S/C12H21NO3/c14-7-9-1-3-11(4-2-9)13-6-10(8-15)5-12(13)16/h9-11,14-15H,1-8H2. The number of amides is 1. The van der Waals surface area contributed by atoms with Gasteiger partial charge in [-0.25, -0.2) is 0 Å². The van der Waals surface area contributed by atoms with E-state index in [-0.39, 0.29) is 25.0 Å². The monoisotopic (exact) mass is 227 g/mol. The van der Waals surface area contributed by atoms with Crippen LogP contribution in [0.15, 0.2) is 0 Å². The summed E-state index contributed by atoms with van der Waals surface area (Å²) in [5, 5.41) is 18.1. The second-order valence-corrected chi connectivity index (χ2v) is 5.16. The molecular formula is C12H21NO3. The minimum atomic E-state index is 0.119. The van der Waals surface area contributed by atoms with Crippen LogP contribution in [0.5, 0.6) is 0 Å². The quantitative estimate of drug-likeness (QED) is 0.732. The Kier molecular flexibility index (Phi) is 3.82. The molecule has 2 aliphatic rings. The van der Waals surface area contributed by atoms with Gasteiger partial charge >= 0.3 is 0 Å². The Morgan fingerprint density at radius 1 is 1.06 bits per heavy atom. The topological polar surface area (TPSA) is 60.8 Å². The van der Waals surface area contributed by atoms with E-state index >= 15 is 0 Å². The van der Waals surface area contributed by atoms with Crippen molar-refractivity contribution in [2.75, 3.05) is 19.8 Å². The number of aliphatic hydroxyl groups is 2. The fraction of sp³-hybridized carbons (Fsp3) is 0.917. The normalized spacial score (nSPS) is 35.8. The van der Waals surface area contributed by atoms with E-state index in [9.17, 15) is 4.79 Å². The molecule has 0 bridgehead atoms. The zero-order valence-electron chi connectivity index (χ0n) is 9.64. The Hall–Kier alpha value is -0.610. The average Bonchev–Trinajstić information content (AvgIpc) is 2.71. The van der Waals surface area contributed by atoms with Crippen molar-refractivity contribution in [3.05, 3.63) is 0 Å². The van der Waals surface area contributed by atoms with Crippen molar-refractivity contribution < 1.29 is 15.0 Å². The fourth-order valence-corrected chi connectivity index (χ4v) is 2.92. The predicted molar refractivity (Wildman–Crippen MR) is 59.7 cm³/mol. The summed E-state index contributed by atoms with van der Waals surface area (Å²) in [5.41, 5.74) is 0. The van der Waals surface area contributed by atoms with E-state index in [1.54, 1.807) is 0 Å². The minimum Gasteiger partial charge on any atom is -0.396 e. The van der Waals surface area contributed by atoms with Gasteiger partial charge in [-0.1, -0.05) is 0 Å². The second kappa shape index (κ2) is 5.15. The number of rotatable bonds is 3. The maximum atomic E-state index is 11.8. The van der Waals surface area contributed by atoms with Crippen molar-refractivity contribution in [1.29, 1.82) is 0 Å². The molecule has 1 saturated heterocycles. The highest BCUT2D eigenvalue weighted by Crippen LogP contribution is 2.31. The van der Waals surface area contributed by atoms with Gasteiger partial charge in [-0.05, 0) is 31.6 Å². The van der Waals surface area contributed by atoms with Crippen molar-refractivity contribution in [2.45, 2.75) is 38.1 Å². The lowest BCUT2D eigenvalue weighted by molar-refractivity contribution is -0.130. The van der Waals surface area contributed by atoms with E-state index in [1.807, 2.05) is 4.90 Å². The van der Waals surface area contributed by atoms with Crippen molar-refractivity contribution in [3.63, 3.8) is 0 Å². The van der Waals surface area contributed by atoms with Gasteiger partial charge in [-0.3, -0.25) is 4.79 Å². The molecule has 0 spiro atoms. The number of hydrogen-bond acceptors (Lipinski definition) is 3. The minimum absolute atomic E-state index is 0.119. The Labute approximate surface area is 96.3 Å². The van der Waals surface area contributed by atoms with E-state index < -0.39 is 0 Å². The Morgan fingerprint density at radius 3 is 2.19 bits per heavy atom. The van der Waals surface area contributed by atoms with Crippen LogP contribution in [0.4, 0.5) is 0 Å². The first-order valence-corrected chi connectivity index (χ1v) is 6.25. The molecule has 1 aliphatic carbocycles. The van der Waals surface area contributed by atoms with Gasteiger partial charge in [0.1, 0.15) is 0 Å². The highest BCUT2D eigenvalue weighted by Gasteiger charge is 2.35. The maximum Gasteiger partial charge on any atom is 0.223 e. The summed E-state index contributed by atoms with van der Waals surface area (Å²) in [6, 6.07) is 0.354. The predicted octanol–water partition coefficient (Wildman–Crippen LogP) is 0.378. The molecule has 0 aromatic rings. The second-order valence-electron chi connectivity index (χ2n) is 5.16. The Morgan fingerprint density at radius 2 is 1.69 bits per heavy atom. The number of hydrogen-bond donors (Lipinski definition) is 2. The van der Waals surface area contributed by atoms with Gasteiger partial charge in [0.2, 0.25) is 5.91 Å².